The van der Waals surface area contributed by atoms with E-state index in [4.69, 9.17) is 4.74 Å². The van der Waals surface area contributed by atoms with Crippen LogP contribution in [0.15, 0.2) is 0 Å². The molecule has 1 N–H and O–H groups in total. The van der Waals surface area contributed by atoms with Gasteiger partial charge >= 0.3 is 6.09 Å². The molecule has 0 aromatic rings. The van der Waals surface area contributed by atoms with Crippen molar-refractivity contribution in [3.05, 3.63) is 0 Å². The molecule has 0 spiro atoms. The van der Waals surface area contributed by atoms with Gasteiger partial charge in [-0.1, -0.05) is 0 Å². The molecule has 1 amide bonds. The Kier molecular flexibility index (Phi) is 2.36. The standard InChI is InChI=1S/C6H11NO2/c8-6-7-4-2-1-3-5-9-6/h1-5H2,(H,7,8). The van der Waals surface area contributed by atoms with Crippen molar-refractivity contribution in [2.75, 3.05) is 13.2 Å². The van der Waals surface area contributed by atoms with Crippen molar-refractivity contribution in [2.24, 2.45) is 0 Å². The largest absolute Gasteiger partial charge is 0.450 e. The molecule has 1 saturated heterocycles. The maximum Gasteiger partial charge on any atom is 0.407 e. The zero-order valence-electron chi connectivity index (χ0n) is 5.35. The highest BCUT2D eigenvalue weighted by atomic mass is 16.5. The molecule has 0 bridgehead atoms. The molecule has 0 aromatic heterocycles. The summed E-state index contributed by atoms with van der Waals surface area (Å²) in [7, 11) is 0. The van der Waals surface area contributed by atoms with Gasteiger partial charge in [-0.25, -0.2) is 4.79 Å². The smallest absolute Gasteiger partial charge is 0.407 e. The number of hydrogen-bond acceptors (Lipinski definition) is 2. The molecule has 52 valence electrons. The summed E-state index contributed by atoms with van der Waals surface area (Å²) in [5.74, 6) is 0. The SMILES string of the molecule is O=C1NCCCCCO1. The Hall–Kier alpha value is -0.730. The van der Waals surface area contributed by atoms with Gasteiger partial charge in [0.05, 0.1) is 6.61 Å². The van der Waals surface area contributed by atoms with E-state index in [0.717, 1.165) is 25.8 Å². The molecule has 0 radical (unpaired) electrons. The van der Waals surface area contributed by atoms with E-state index < -0.39 is 0 Å². The van der Waals surface area contributed by atoms with Crippen molar-refractivity contribution in [2.45, 2.75) is 19.3 Å². The monoisotopic (exact) mass is 129 g/mol. The highest BCUT2D eigenvalue weighted by molar-refractivity contribution is 5.67. The number of nitrogens with one attached hydrogen (secondary N) is 1. The lowest BCUT2D eigenvalue weighted by atomic mass is 10.2. The number of amides is 1. The molecule has 1 aliphatic heterocycles. The Morgan fingerprint density at radius 1 is 1.33 bits per heavy atom. The first-order valence-corrected chi connectivity index (χ1v) is 3.30. The van der Waals surface area contributed by atoms with Crippen LogP contribution in [0.2, 0.25) is 0 Å². The quantitative estimate of drug-likeness (QED) is 0.527. The number of ether oxygens (including phenoxy) is 1. The van der Waals surface area contributed by atoms with Crippen molar-refractivity contribution in [3.63, 3.8) is 0 Å². The van der Waals surface area contributed by atoms with Gasteiger partial charge < -0.3 is 10.1 Å². The Labute approximate surface area is 54.4 Å². The summed E-state index contributed by atoms with van der Waals surface area (Å²) in [6.07, 6.45) is 2.97. The minimum Gasteiger partial charge on any atom is -0.450 e. The third-order valence-electron chi connectivity index (χ3n) is 1.32. The van der Waals surface area contributed by atoms with Crippen LogP contribution in [0.5, 0.6) is 0 Å². The normalized spacial score (nSPS) is 21.1. The highest BCUT2D eigenvalue weighted by Gasteiger charge is 2.03. The Bertz CT molecular complexity index is 93.2. The predicted octanol–water partition coefficient (Wildman–Crippen LogP) is 0.897. The highest BCUT2D eigenvalue weighted by Crippen LogP contribution is 1.97. The number of alkyl carbamates (subject to hydrolysis) is 1. The first-order valence-electron chi connectivity index (χ1n) is 3.30. The van der Waals surface area contributed by atoms with E-state index in [0.29, 0.717) is 6.61 Å². The number of rotatable bonds is 0. The molecule has 3 heteroatoms. The molecule has 0 atom stereocenters. The summed E-state index contributed by atoms with van der Waals surface area (Å²) in [5, 5.41) is 2.62. The molecule has 1 heterocycles. The first-order chi connectivity index (χ1) is 4.39. The molecule has 1 fully saturated rings. The fourth-order valence-electron chi connectivity index (χ4n) is 0.810. The molecular formula is C6H11NO2. The summed E-state index contributed by atoms with van der Waals surface area (Å²) in [6.45, 7) is 1.34. The Balaban J connectivity index is 2.20. The molecular weight excluding hydrogens is 118 g/mol. The van der Waals surface area contributed by atoms with Gasteiger partial charge in [0.1, 0.15) is 0 Å². The van der Waals surface area contributed by atoms with Gasteiger partial charge in [-0.3, -0.25) is 0 Å². The number of carbonyl (C=O) groups is 1. The molecule has 0 unspecified atom stereocenters. The molecule has 0 saturated carbocycles. The second-order valence-electron chi connectivity index (χ2n) is 2.12. The van der Waals surface area contributed by atoms with E-state index in [9.17, 15) is 4.79 Å². The van der Waals surface area contributed by atoms with Gasteiger partial charge in [-0.05, 0) is 19.3 Å². The number of carbonyl (C=O) groups excluding carboxylic acids is 1. The summed E-state index contributed by atoms with van der Waals surface area (Å²) in [6, 6.07) is 0. The van der Waals surface area contributed by atoms with Gasteiger partial charge in [0.15, 0.2) is 0 Å². The van der Waals surface area contributed by atoms with E-state index in [1.807, 2.05) is 0 Å². The maximum atomic E-state index is 10.5. The van der Waals surface area contributed by atoms with Gasteiger partial charge in [-0.2, -0.15) is 0 Å². The van der Waals surface area contributed by atoms with Crippen molar-refractivity contribution in [1.82, 2.24) is 5.32 Å². The third kappa shape index (κ3) is 2.35. The average molecular weight is 129 g/mol. The topological polar surface area (TPSA) is 38.3 Å². The van der Waals surface area contributed by atoms with Crippen molar-refractivity contribution in [3.8, 4) is 0 Å². The lowest BCUT2D eigenvalue weighted by Gasteiger charge is -2.09. The summed E-state index contributed by atoms with van der Waals surface area (Å²) in [4.78, 5) is 10.5. The second-order valence-corrected chi connectivity index (χ2v) is 2.12. The second kappa shape index (κ2) is 3.33. The number of cyclic esters (lactones) is 1. The van der Waals surface area contributed by atoms with E-state index in [1.165, 1.54) is 0 Å². The van der Waals surface area contributed by atoms with Gasteiger partial charge in [0.25, 0.3) is 0 Å². The summed E-state index contributed by atoms with van der Waals surface area (Å²) in [5.41, 5.74) is 0. The molecule has 9 heavy (non-hydrogen) atoms. The Morgan fingerprint density at radius 3 is 3.11 bits per heavy atom. The first kappa shape index (κ1) is 6.39. The minimum atomic E-state index is -0.269. The average Bonchev–Trinajstić information content (AvgIpc) is 1.79. The van der Waals surface area contributed by atoms with Crippen LogP contribution in [-0.4, -0.2) is 19.2 Å². The zero-order chi connectivity index (χ0) is 6.53. The maximum absolute atomic E-state index is 10.5. The summed E-state index contributed by atoms with van der Waals surface area (Å²) < 4.78 is 4.73. The lowest BCUT2D eigenvalue weighted by Crippen LogP contribution is -2.27. The van der Waals surface area contributed by atoms with Crippen LogP contribution in [0.1, 0.15) is 19.3 Å². The lowest BCUT2D eigenvalue weighted by molar-refractivity contribution is 0.139. The molecule has 1 rings (SSSR count). The fourth-order valence-corrected chi connectivity index (χ4v) is 0.810. The van der Waals surface area contributed by atoms with Gasteiger partial charge in [0.2, 0.25) is 0 Å². The van der Waals surface area contributed by atoms with E-state index >= 15 is 0 Å². The van der Waals surface area contributed by atoms with E-state index in [1.54, 1.807) is 0 Å². The molecule has 0 aliphatic carbocycles. The van der Waals surface area contributed by atoms with Crippen LogP contribution in [0, 0.1) is 0 Å². The molecule has 1 aliphatic rings. The van der Waals surface area contributed by atoms with Gasteiger partial charge in [0, 0.05) is 6.54 Å². The van der Waals surface area contributed by atoms with Crippen molar-refractivity contribution >= 4 is 6.09 Å². The zero-order valence-corrected chi connectivity index (χ0v) is 5.35. The van der Waals surface area contributed by atoms with Crippen LogP contribution < -0.4 is 5.32 Å². The van der Waals surface area contributed by atoms with Crippen LogP contribution in [0.3, 0.4) is 0 Å². The van der Waals surface area contributed by atoms with E-state index in [-0.39, 0.29) is 6.09 Å². The van der Waals surface area contributed by atoms with Crippen molar-refractivity contribution in [1.29, 1.82) is 0 Å². The van der Waals surface area contributed by atoms with Crippen LogP contribution in [-0.2, 0) is 4.74 Å². The predicted molar refractivity (Wildman–Crippen MR) is 33.2 cm³/mol. The number of hydrogen-bond donors (Lipinski definition) is 1. The third-order valence-corrected chi connectivity index (χ3v) is 1.32. The molecule has 0 aromatic carbocycles. The fraction of sp³-hybridized carbons (Fsp3) is 0.833. The van der Waals surface area contributed by atoms with Crippen LogP contribution in [0.25, 0.3) is 0 Å². The van der Waals surface area contributed by atoms with Crippen molar-refractivity contribution < 1.29 is 9.53 Å². The van der Waals surface area contributed by atoms with Crippen LogP contribution in [0.4, 0.5) is 4.79 Å². The minimum absolute atomic E-state index is 0.269. The Morgan fingerprint density at radius 2 is 2.22 bits per heavy atom. The van der Waals surface area contributed by atoms with E-state index in [2.05, 4.69) is 5.32 Å². The van der Waals surface area contributed by atoms with Crippen LogP contribution >= 0.6 is 0 Å². The molecule has 3 nitrogen and oxygen atoms in total. The summed E-state index contributed by atoms with van der Waals surface area (Å²) >= 11 is 0. The van der Waals surface area contributed by atoms with Gasteiger partial charge in [-0.15, -0.1) is 0 Å².